The van der Waals surface area contributed by atoms with E-state index >= 15 is 0 Å². The lowest BCUT2D eigenvalue weighted by atomic mass is 9.97. The maximum atomic E-state index is 5.58. The SMILES string of the molecule is c1coc(-n2c(C3CCNCC3)nc3cccnc32)c1. The second-order valence-corrected chi connectivity index (χ2v) is 5.13. The van der Waals surface area contributed by atoms with Crippen LogP contribution in [0.15, 0.2) is 41.1 Å². The van der Waals surface area contributed by atoms with Crippen LogP contribution >= 0.6 is 0 Å². The van der Waals surface area contributed by atoms with Gasteiger partial charge in [0.1, 0.15) is 11.3 Å². The molecule has 0 unspecified atom stereocenters. The zero-order valence-electron chi connectivity index (χ0n) is 11.1. The quantitative estimate of drug-likeness (QED) is 0.775. The molecule has 4 rings (SSSR count). The summed E-state index contributed by atoms with van der Waals surface area (Å²) in [7, 11) is 0. The summed E-state index contributed by atoms with van der Waals surface area (Å²) >= 11 is 0. The fourth-order valence-corrected chi connectivity index (χ4v) is 2.90. The zero-order chi connectivity index (χ0) is 13.4. The number of rotatable bonds is 2. The van der Waals surface area contributed by atoms with Gasteiger partial charge in [-0.05, 0) is 44.1 Å². The Hall–Kier alpha value is -2.14. The van der Waals surface area contributed by atoms with Crippen LogP contribution in [-0.2, 0) is 0 Å². The van der Waals surface area contributed by atoms with E-state index in [9.17, 15) is 0 Å². The van der Waals surface area contributed by atoms with Gasteiger partial charge in [-0.2, -0.15) is 0 Å². The lowest BCUT2D eigenvalue weighted by Gasteiger charge is -2.22. The molecule has 0 amide bonds. The van der Waals surface area contributed by atoms with Crippen LogP contribution in [0.3, 0.4) is 0 Å². The highest BCUT2D eigenvalue weighted by Crippen LogP contribution is 2.30. The first-order chi connectivity index (χ1) is 9.93. The minimum Gasteiger partial charge on any atom is -0.448 e. The molecule has 1 fully saturated rings. The number of pyridine rings is 1. The normalized spacial score (nSPS) is 16.8. The Labute approximate surface area is 116 Å². The van der Waals surface area contributed by atoms with Crippen molar-refractivity contribution in [1.82, 2.24) is 19.9 Å². The predicted octanol–water partition coefficient (Wildman–Crippen LogP) is 2.48. The smallest absolute Gasteiger partial charge is 0.206 e. The van der Waals surface area contributed by atoms with Gasteiger partial charge in [0.15, 0.2) is 5.65 Å². The molecule has 20 heavy (non-hydrogen) atoms. The van der Waals surface area contributed by atoms with E-state index in [1.54, 1.807) is 12.5 Å². The lowest BCUT2D eigenvalue weighted by molar-refractivity contribution is 0.435. The number of hydrogen-bond acceptors (Lipinski definition) is 4. The van der Waals surface area contributed by atoms with Crippen LogP contribution in [-0.4, -0.2) is 27.6 Å². The Bertz CT molecular complexity index is 711. The van der Waals surface area contributed by atoms with Gasteiger partial charge in [0.25, 0.3) is 0 Å². The number of furan rings is 1. The van der Waals surface area contributed by atoms with E-state index in [0.717, 1.165) is 48.8 Å². The average molecular weight is 268 g/mol. The number of imidazole rings is 1. The summed E-state index contributed by atoms with van der Waals surface area (Å²) in [6.07, 6.45) is 5.69. The zero-order valence-corrected chi connectivity index (χ0v) is 11.1. The van der Waals surface area contributed by atoms with Gasteiger partial charge in [0.2, 0.25) is 5.88 Å². The molecule has 102 valence electrons. The highest BCUT2D eigenvalue weighted by Gasteiger charge is 2.24. The average Bonchev–Trinajstić information content (AvgIpc) is 3.14. The summed E-state index contributed by atoms with van der Waals surface area (Å²) in [4.78, 5) is 9.28. The van der Waals surface area contributed by atoms with E-state index < -0.39 is 0 Å². The van der Waals surface area contributed by atoms with Crippen LogP contribution in [0.2, 0.25) is 0 Å². The molecular formula is C15H16N4O. The number of fused-ring (bicyclic) bond motifs is 1. The van der Waals surface area contributed by atoms with Gasteiger partial charge < -0.3 is 9.73 Å². The minimum atomic E-state index is 0.454. The van der Waals surface area contributed by atoms with Crippen LogP contribution in [0.1, 0.15) is 24.6 Å². The molecule has 1 N–H and O–H groups in total. The van der Waals surface area contributed by atoms with Gasteiger partial charge in [0, 0.05) is 18.2 Å². The fraction of sp³-hybridized carbons (Fsp3) is 0.333. The third-order valence-electron chi connectivity index (χ3n) is 3.87. The van der Waals surface area contributed by atoms with E-state index in [2.05, 4.69) is 14.9 Å². The first kappa shape index (κ1) is 11.7. The Kier molecular flexibility index (Phi) is 2.77. The van der Waals surface area contributed by atoms with E-state index in [-0.39, 0.29) is 0 Å². The highest BCUT2D eigenvalue weighted by molar-refractivity contribution is 5.73. The summed E-state index contributed by atoms with van der Waals surface area (Å²) in [6.45, 7) is 2.08. The van der Waals surface area contributed by atoms with Crippen LogP contribution in [0.5, 0.6) is 0 Å². The number of nitrogens with zero attached hydrogens (tertiary/aromatic N) is 3. The number of aromatic nitrogens is 3. The van der Waals surface area contributed by atoms with Crippen LogP contribution in [0.25, 0.3) is 17.0 Å². The molecule has 3 aromatic rings. The van der Waals surface area contributed by atoms with Gasteiger partial charge in [-0.3, -0.25) is 0 Å². The third-order valence-corrected chi connectivity index (χ3v) is 3.87. The Morgan fingerprint density at radius 3 is 2.90 bits per heavy atom. The topological polar surface area (TPSA) is 55.9 Å². The molecule has 5 nitrogen and oxygen atoms in total. The Morgan fingerprint density at radius 2 is 2.10 bits per heavy atom. The molecule has 5 heteroatoms. The van der Waals surface area contributed by atoms with E-state index in [1.165, 1.54) is 0 Å². The van der Waals surface area contributed by atoms with Gasteiger partial charge in [-0.15, -0.1) is 0 Å². The van der Waals surface area contributed by atoms with Crippen molar-refractivity contribution in [2.75, 3.05) is 13.1 Å². The minimum absolute atomic E-state index is 0.454. The van der Waals surface area contributed by atoms with Crippen molar-refractivity contribution in [3.8, 4) is 5.88 Å². The molecule has 0 atom stereocenters. The van der Waals surface area contributed by atoms with Crippen LogP contribution < -0.4 is 5.32 Å². The Morgan fingerprint density at radius 1 is 1.20 bits per heavy atom. The monoisotopic (exact) mass is 268 g/mol. The first-order valence-corrected chi connectivity index (χ1v) is 7.01. The second kappa shape index (κ2) is 4.76. The van der Waals surface area contributed by atoms with Gasteiger partial charge >= 0.3 is 0 Å². The molecular weight excluding hydrogens is 252 g/mol. The van der Waals surface area contributed by atoms with E-state index in [1.807, 2.05) is 24.3 Å². The molecule has 0 aromatic carbocycles. The molecule has 0 aliphatic carbocycles. The highest BCUT2D eigenvalue weighted by atomic mass is 16.3. The van der Waals surface area contributed by atoms with Gasteiger partial charge in [-0.25, -0.2) is 14.5 Å². The number of piperidine rings is 1. The summed E-state index contributed by atoms with van der Waals surface area (Å²) in [5, 5.41) is 3.40. The summed E-state index contributed by atoms with van der Waals surface area (Å²) < 4.78 is 7.65. The van der Waals surface area contributed by atoms with Crippen molar-refractivity contribution < 1.29 is 4.42 Å². The predicted molar refractivity (Wildman–Crippen MR) is 76.0 cm³/mol. The third kappa shape index (κ3) is 1.82. The van der Waals surface area contributed by atoms with Crippen molar-refractivity contribution in [3.05, 3.63) is 42.5 Å². The molecule has 0 bridgehead atoms. The lowest BCUT2D eigenvalue weighted by Crippen LogP contribution is -2.28. The molecule has 4 heterocycles. The maximum Gasteiger partial charge on any atom is 0.206 e. The van der Waals surface area contributed by atoms with Crippen molar-refractivity contribution in [3.63, 3.8) is 0 Å². The summed E-state index contributed by atoms with van der Waals surface area (Å²) in [5.74, 6) is 2.31. The fourth-order valence-electron chi connectivity index (χ4n) is 2.90. The molecule has 1 saturated heterocycles. The molecule has 3 aromatic heterocycles. The van der Waals surface area contributed by atoms with Crippen molar-refractivity contribution in [2.45, 2.75) is 18.8 Å². The van der Waals surface area contributed by atoms with E-state index in [0.29, 0.717) is 5.92 Å². The molecule has 0 spiro atoms. The molecule has 1 aliphatic heterocycles. The standard InChI is InChI=1S/C15H16N4O/c1-3-12-15(17-7-1)19(13-4-2-10-20-13)14(18-12)11-5-8-16-9-6-11/h1-4,7,10-11,16H,5-6,8-9H2. The molecule has 0 saturated carbocycles. The van der Waals surface area contributed by atoms with Crippen molar-refractivity contribution >= 4 is 11.2 Å². The largest absolute Gasteiger partial charge is 0.448 e. The maximum absolute atomic E-state index is 5.58. The first-order valence-electron chi connectivity index (χ1n) is 7.01. The summed E-state index contributed by atoms with van der Waals surface area (Å²) in [6, 6.07) is 7.79. The number of hydrogen-bond donors (Lipinski definition) is 1. The van der Waals surface area contributed by atoms with Crippen molar-refractivity contribution in [2.24, 2.45) is 0 Å². The molecule has 0 radical (unpaired) electrons. The van der Waals surface area contributed by atoms with Gasteiger partial charge in [0.05, 0.1) is 6.26 Å². The van der Waals surface area contributed by atoms with Crippen LogP contribution in [0.4, 0.5) is 0 Å². The second-order valence-electron chi connectivity index (χ2n) is 5.13. The van der Waals surface area contributed by atoms with Gasteiger partial charge in [-0.1, -0.05) is 0 Å². The van der Waals surface area contributed by atoms with Crippen LogP contribution in [0, 0.1) is 0 Å². The van der Waals surface area contributed by atoms with E-state index in [4.69, 9.17) is 9.40 Å². The number of nitrogens with one attached hydrogen (secondary N) is 1. The summed E-state index contributed by atoms with van der Waals surface area (Å²) in [5.41, 5.74) is 1.80. The van der Waals surface area contributed by atoms with Crippen molar-refractivity contribution in [1.29, 1.82) is 0 Å². The Balaban J connectivity index is 1.92. The molecule has 1 aliphatic rings.